The van der Waals surface area contributed by atoms with Gasteiger partial charge in [0.1, 0.15) is 6.61 Å². The molecule has 122 valence electrons. The number of nitrogens with one attached hydrogen (secondary N) is 2. The number of allylic oxidation sites excluding steroid dienone is 1. The molecule has 2 amide bonds. The highest BCUT2D eigenvalue weighted by molar-refractivity contribution is 5.81. The Bertz CT molecular complexity index is 336. The highest BCUT2D eigenvalue weighted by Crippen LogP contribution is 2.01. The standard InChI is InChI=1S/C13H26N4O4/c1-10(3-4-11(14)13(19)16-2)17-5-6-20-7-8-21-9-12(15)18/h11,17H,1,3-9,14H2,2H3,(H2,15,18)(H,16,19)/t11-/m0/s1. The highest BCUT2D eigenvalue weighted by Gasteiger charge is 2.11. The summed E-state index contributed by atoms with van der Waals surface area (Å²) >= 11 is 0. The van der Waals surface area contributed by atoms with E-state index in [1.165, 1.54) is 0 Å². The van der Waals surface area contributed by atoms with Gasteiger partial charge in [0, 0.05) is 19.3 Å². The third-order valence-corrected chi connectivity index (χ3v) is 2.58. The Hall–Kier alpha value is -1.64. The fourth-order valence-electron chi connectivity index (χ4n) is 1.43. The molecule has 0 aromatic carbocycles. The van der Waals surface area contributed by atoms with Crippen LogP contribution in [0.2, 0.25) is 0 Å². The van der Waals surface area contributed by atoms with E-state index in [0.29, 0.717) is 39.2 Å². The largest absolute Gasteiger partial charge is 0.387 e. The second-order valence-electron chi connectivity index (χ2n) is 4.42. The molecule has 0 aromatic rings. The zero-order valence-electron chi connectivity index (χ0n) is 12.5. The molecule has 0 spiro atoms. The Balaban J connectivity index is 3.42. The molecule has 6 N–H and O–H groups in total. The highest BCUT2D eigenvalue weighted by atomic mass is 16.5. The van der Waals surface area contributed by atoms with Crippen LogP contribution in [0.25, 0.3) is 0 Å². The van der Waals surface area contributed by atoms with E-state index in [9.17, 15) is 9.59 Å². The summed E-state index contributed by atoms with van der Waals surface area (Å²) < 4.78 is 10.2. The van der Waals surface area contributed by atoms with Crippen molar-refractivity contribution < 1.29 is 19.1 Å². The van der Waals surface area contributed by atoms with Crippen molar-refractivity contribution in [1.82, 2.24) is 10.6 Å². The van der Waals surface area contributed by atoms with Crippen molar-refractivity contribution in [1.29, 1.82) is 0 Å². The van der Waals surface area contributed by atoms with E-state index < -0.39 is 11.9 Å². The minimum Gasteiger partial charge on any atom is -0.387 e. The number of amides is 2. The first-order valence-corrected chi connectivity index (χ1v) is 6.80. The number of hydrogen-bond donors (Lipinski definition) is 4. The molecular formula is C13H26N4O4. The van der Waals surface area contributed by atoms with E-state index in [2.05, 4.69) is 17.2 Å². The second-order valence-corrected chi connectivity index (χ2v) is 4.42. The lowest BCUT2D eigenvalue weighted by Gasteiger charge is -2.13. The lowest BCUT2D eigenvalue weighted by atomic mass is 10.1. The number of primary amides is 1. The molecule has 0 unspecified atom stereocenters. The summed E-state index contributed by atoms with van der Waals surface area (Å²) in [4.78, 5) is 21.6. The summed E-state index contributed by atoms with van der Waals surface area (Å²) in [5, 5.41) is 5.58. The topological polar surface area (TPSA) is 129 Å². The Morgan fingerprint density at radius 1 is 1.24 bits per heavy atom. The summed E-state index contributed by atoms with van der Waals surface area (Å²) in [5.74, 6) is -0.676. The van der Waals surface area contributed by atoms with E-state index in [4.69, 9.17) is 20.9 Å². The Morgan fingerprint density at radius 2 is 1.90 bits per heavy atom. The number of carbonyl (C=O) groups is 2. The molecule has 0 saturated carbocycles. The van der Waals surface area contributed by atoms with Crippen LogP contribution in [-0.4, -0.2) is 57.9 Å². The average molecular weight is 302 g/mol. The van der Waals surface area contributed by atoms with Gasteiger partial charge in [-0.3, -0.25) is 9.59 Å². The van der Waals surface area contributed by atoms with Gasteiger partial charge in [0.15, 0.2) is 0 Å². The minimum absolute atomic E-state index is 0.0932. The van der Waals surface area contributed by atoms with Gasteiger partial charge >= 0.3 is 0 Å². The van der Waals surface area contributed by atoms with Crippen molar-refractivity contribution in [3.8, 4) is 0 Å². The molecule has 0 aliphatic rings. The van der Waals surface area contributed by atoms with Gasteiger partial charge in [-0.15, -0.1) is 0 Å². The molecule has 0 rings (SSSR count). The van der Waals surface area contributed by atoms with E-state index in [-0.39, 0.29) is 12.5 Å². The van der Waals surface area contributed by atoms with Crippen molar-refractivity contribution in [2.45, 2.75) is 18.9 Å². The van der Waals surface area contributed by atoms with Crippen molar-refractivity contribution in [2.24, 2.45) is 11.5 Å². The van der Waals surface area contributed by atoms with Gasteiger partial charge in [-0.25, -0.2) is 0 Å². The van der Waals surface area contributed by atoms with E-state index in [0.717, 1.165) is 5.70 Å². The number of nitrogens with two attached hydrogens (primary N) is 2. The van der Waals surface area contributed by atoms with Crippen LogP contribution in [0.15, 0.2) is 12.3 Å². The molecule has 0 radical (unpaired) electrons. The predicted octanol–water partition coefficient (Wildman–Crippen LogP) is -1.54. The van der Waals surface area contributed by atoms with Gasteiger partial charge in [0.2, 0.25) is 11.8 Å². The monoisotopic (exact) mass is 302 g/mol. The van der Waals surface area contributed by atoms with Crippen LogP contribution < -0.4 is 22.1 Å². The number of hydrogen-bond acceptors (Lipinski definition) is 6. The lowest BCUT2D eigenvalue weighted by Crippen LogP contribution is -2.38. The molecule has 0 fully saturated rings. The van der Waals surface area contributed by atoms with Gasteiger partial charge in [0.05, 0.1) is 25.9 Å². The zero-order valence-corrected chi connectivity index (χ0v) is 12.5. The number of ether oxygens (including phenoxy) is 2. The summed E-state index contributed by atoms with van der Waals surface area (Å²) in [6, 6.07) is -0.521. The minimum atomic E-state index is -0.521. The Kier molecular flexibility index (Phi) is 11.2. The fourth-order valence-corrected chi connectivity index (χ4v) is 1.43. The quantitative estimate of drug-likeness (QED) is 0.305. The molecule has 0 heterocycles. The van der Waals surface area contributed by atoms with Gasteiger partial charge in [-0.2, -0.15) is 0 Å². The number of carbonyl (C=O) groups excluding carboxylic acids is 2. The molecule has 8 nitrogen and oxygen atoms in total. The summed E-state index contributed by atoms with van der Waals surface area (Å²) in [6.45, 7) is 5.56. The molecular weight excluding hydrogens is 276 g/mol. The normalized spacial score (nSPS) is 11.7. The summed E-state index contributed by atoms with van der Waals surface area (Å²) in [6.07, 6.45) is 1.16. The van der Waals surface area contributed by atoms with Crippen LogP contribution in [-0.2, 0) is 19.1 Å². The van der Waals surface area contributed by atoms with Gasteiger partial charge in [-0.05, 0) is 12.8 Å². The van der Waals surface area contributed by atoms with Gasteiger partial charge in [-0.1, -0.05) is 6.58 Å². The molecule has 0 bridgehead atoms. The van der Waals surface area contributed by atoms with Gasteiger partial charge in [0.25, 0.3) is 0 Å². The molecule has 8 heteroatoms. The summed E-state index contributed by atoms with van der Waals surface area (Å²) in [5.41, 5.74) is 11.4. The molecule has 0 aliphatic carbocycles. The molecule has 21 heavy (non-hydrogen) atoms. The van der Waals surface area contributed by atoms with Crippen molar-refractivity contribution in [2.75, 3.05) is 40.0 Å². The number of rotatable bonds is 13. The molecule has 0 saturated heterocycles. The first-order valence-electron chi connectivity index (χ1n) is 6.80. The van der Waals surface area contributed by atoms with Crippen molar-refractivity contribution in [3.63, 3.8) is 0 Å². The third kappa shape index (κ3) is 11.9. The second kappa shape index (κ2) is 12.1. The first kappa shape index (κ1) is 19.4. The predicted molar refractivity (Wildman–Crippen MR) is 79.3 cm³/mol. The average Bonchev–Trinajstić information content (AvgIpc) is 2.46. The third-order valence-electron chi connectivity index (χ3n) is 2.58. The van der Waals surface area contributed by atoms with E-state index in [1.807, 2.05) is 0 Å². The van der Waals surface area contributed by atoms with E-state index in [1.54, 1.807) is 7.05 Å². The van der Waals surface area contributed by atoms with Crippen LogP contribution in [0, 0.1) is 0 Å². The van der Waals surface area contributed by atoms with Crippen molar-refractivity contribution >= 4 is 11.8 Å². The summed E-state index contributed by atoms with van der Waals surface area (Å²) in [7, 11) is 1.56. The van der Waals surface area contributed by atoms with Crippen LogP contribution in [0.1, 0.15) is 12.8 Å². The van der Waals surface area contributed by atoms with Crippen LogP contribution >= 0.6 is 0 Å². The maximum absolute atomic E-state index is 11.2. The maximum Gasteiger partial charge on any atom is 0.243 e. The Morgan fingerprint density at radius 3 is 2.52 bits per heavy atom. The van der Waals surface area contributed by atoms with Crippen LogP contribution in [0.3, 0.4) is 0 Å². The molecule has 1 atom stereocenters. The Labute approximate surface area is 125 Å². The van der Waals surface area contributed by atoms with Crippen LogP contribution in [0.4, 0.5) is 0 Å². The SMILES string of the molecule is C=C(CC[C@H](N)C(=O)NC)NCCOCCOCC(N)=O. The maximum atomic E-state index is 11.2. The van der Waals surface area contributed by atoms with Crippen LogP contribution in [0.5, 0.6) is 0 Å². The van der Waals surface area contributed by atoms with Gasteiger partial charge < -0.3 is 31.6 Å². The fraction of sp³-hybridized carbons (Fsp3) is 0.692. The first-order chi connectivity index (χ1) is 9.97. The lowest BCUT2D eigenvalue weighted by molar-refractivity contribution is -0.123. The molecule has 0 aromatic heterocycles. The molecule has 0 aliphatic heterocycles. The van der Waals surface area contributed by atoms with E-state index >= 15 is 0 Å². The van der Waals surface area contributed by atoms with Crippen molar-refractivity contribution in [3.05, 3.63) is 12.3 Å². The zero-order chi connectivity index (χ0) is 16.1. The number of likely N-dealkylation sites (N-methyl/N-ethyl adjacent to an activating group) is 1. The smallest absolute Gasteiger partial charge is 0.243 e.